The van der Waals surface area contributed by atoms with E-state index in [2.05, 4.69) is 19.2 Å². The molecule has 1 fully saturated rings. The highest BCUT2D eigenvalue weighted by molar-refractivity contribution is 4.86. The molecule has 1 heteroatoms. The number of hydrogen-bond donors (Lipinski definition) is 1. The molecule has 0 bridgehead atoms. The van der Waals surface area contributed by atoms with E-state index < -0.39 is 0 Å². The summed E-state index contributed by atoms with van der Waals surface area (Å²) in [5, 5.41) is 3.47. The number of unbranched alkanes of at least 4 members (excludes halogenated alkanes) is 1. The summed E-state index contributed by atoms with van der Waals surface area (Å²) in [6.07, 6.45) is 6.97. The third-order valence-electron chi connectivity index (χ3n) is 3.14. The van der Waals surface area contributed by atoms with Gasteiger partial charge in [-0.3, -0.25) is 0 Å². The molecule has 1 saturated heterocycles. The smallest absolute Gasteiger partial charge is 0.000818 e. The monoisotopic (exact) mass is 155 g/mol. The van der Waals surface area contributed by atoms with Crippen LogP contribution in [0.5, 0.6) is 0 Å². The fourth-order valence-corrected chi connectivity index (χ4v) is 2.04. The van der Waals surface area contributed by atoms with Crippen LogP contribution >= 0.6 is 0 Å². The first kappa shape index (κ1) is 9.05. The number of hydrogen-bond acceptors (Lipinski definition) is 1. The fraction of sp³-hybridized carbons (Fsp3) is 1.00. The molecule has 0 aromatic rings. The van der Waals surface area contributed by atoms with Gasteiger partial charge in [0.25, 0.3) is 0 Å². The maximum Gasteiger partial charge on any atom is 0.000818 e. The van der Waals surface area contributed by atoms with Gasteiger partial charge < -0.3 is 5.32 Å². The molecule has 0 saturated carbocycles. The molecular weight excluding hydrogens is 134 g/mol. The van der Waals surface area contributed by atoms with E-state index in [4.69, 9.17) is 0 Å². The summed E-state index contributed by atoms with van der Waals surface area (Å²) in [5.74, 6) is 0. The van der Waals surface area contributed by atoms with E-state index in [-0.39, 0.29) is 0 Å². The van der Waals surface area contributed by atoms with Gasteiger partial charge in [0.2, 0.25) is 0 Å². The van der Waals surface area contributed by atoms with Gasteiger partial charge >= 0.3 is 0 Å². The Kier molecular flexibility index (Phi) is 3.38. The Balaban J connectivity index is 2.33. The lowest BCUT2D eigenvalue weighted by atomic mass is 9.80. The highest BCUT2D eigenvalue weighted by atomic mass is 14.9. The van der Waals surface area contributed by atoms with Crippen molar-refractivity contribution >= 4 is 0 Å². The number of nitrogens with one attached hydrogen (secondary N) is 1. The molecule has 0 radical (unpaired) electrons. The second-order valence-electron chi connectivity index (χ2n) is 3.88. The van der Waals surface area contributed by atoms with Crippen molar-refractivity contribution in [3.05, 3.63) is 0 Å². The van der Waals surface area contributed by atoms with Gasteiger partial charge in [-0.2, -0.15) is 0 Å². The van der Waals surface area contributed by atoms with Gasteiger partial charge in [0.15, 0.2) is 0 Å². The van der Waals surface area contributed by atoms with Crippen LogP contribution in [0.3, 0.4) is 0 Å². The Hall–Kier alpha value is -0.0400. The van der Waals surface area contributed by atoms with E-state index in [1.807, 2.05) is 0 Å². The van der Waals surface area contributed by atoms with Gasteiger partial charge in [-0.15, -0.1) is 0 Å². The van der Waals surface area contributed by atoms with Crippen LogP contribution in [0.15, 0.2) is 0 Å². The van der Waals surface area contributed by atoms with Gasteiger partial charge in [-0.25, -0.2) is 0 Å². The molecule has 0 spiro atoms. The minimum atomic E-state index is 0.677. The second kappa shape index (κ2) is 4.10. The zero-order valence-electron chi connectivity index (χ0n) is 7.95. The highest BCUT2D eigenvalue weighted by Gasteiger charge is 2.30. The Morgan fingerprint density at radius 2 is 2.18 bits per heavy atom. The van der Waals surface area contributed by atoms with E-state index in [9.17, 15) is 0 Å². The van der Waals surface area contributed by atoms with E-state index in [1.165, 1.54) is 45.2 Å². The van der Waals surface area contributed by atoms with Crippen molar-refractivity contribution in [1.29, 1.82) is 0 Å². The van der Waals surface area contributed by atoms with Crippen molar-refractivity contribution in [1.82, 2.24) is 5.32 Å². The molecule has 0 amide bonds. The van der Waals surface area contributed by atoms with E-state index in [0.717, 1.165) is 0 Å². The van der Waals surface area contributed by atoms with Crippen molar-refractivity contribution in [2.75, 3.05) is 13.1 Å². The van der Waals surface area contributed by atoms with Crippen molar-refractivity contribution in [3.63, 3.8) is 0 Å². The molecule has 1 unspecified atom stereocenters. The summed E-state index contributed by atoms with van der Waals surface area (Å²) in [7, 11) is 0. The maximum atomic E-state index is 3.47. The third kappa shape index (κ3) is 2.19. The minimum Gasteiger partial charge on any atom is -0.316 e. The van der Waals surface area contributed by atoms with Crippen molar-refractivity contribution < 1.29 is 0 Å². The highest BCUT2D eigenvalue weighted by Crippen LogP contribution is 2.34. The quantitative estimate of drug-likeness (QED) is 0.658. The molecule has 66 valence electrons. The van der Waals surface area contributed by atoms with E-state index in [0.29, 0.717) is 5.41 Å². The largest absolute Gasteiger partial charge is 0.316 e. The molecule has 1 atom stereocenters. The van der Waals surface area contributed by atoms with Gasteiger partial charge in [0, 0.05) is 6.54 Å². The van der Waals surface area contributed by atoms with E-state index in [1.54, 1.807) is 0 Å². The molecule has 1 heterocycles. The van der Waals surface area contributed by atoms with Gasteiger partial charge in [0.1, 0.15) is 0 Å². The van der Waals surface area contributed by atoms with Gasteiger partial charge in [0.05, 0.1) is 0 Å². The van der Waals surface area contributed by atoms with Crippen LogP contribution < -0.4 is 5.32 Å². The lowest BCUT2D eigenvalue weighted by molar-refractivity contribution is 0.275. The molecule has 0 aromatic carbocycles. The third-order valence-corrected chi connectivity index (χ3v) is 3.14. The Morgan fingerprint density at radius 1 is 1.36 bits per heavy atom. The lowest BCUT2D eigenvalue weighted by Crippen LogP contribution is -2.22. The first-order valence-corrected chi connectivity index (χ1v) is 5.04. The molecule has 1 N–H and O–H groups in total. The van der Waals surface area contributed by atoms with Crippen molar-refractivity contribution in [2.24, 2.45) is 5.41 Å². The molecule has 1 aliphatic rings. The van der Waals surface area contributed by atoms with Crippen molar-refractivity contribution in [2.45, 2.75) is 46.0 Å². The normalized spacial score (nSPS) is 31.1. The predicted octanol–water partition coefficient (Wildman–Crippen LogP) is 2.57. The van der Waals surface area contributed by atoms with Crippen molar-refractivity contribution in [3.8, 4) is 0 Å². The molecule has 1 aliphatic heterocycles. The maximum absolute atomic E-state index is 3.47. The first-order chi connectivity index (χ1) is 5.33. The molecule has 1 nitrogen and oxygen atoms in total. The summed E-state index contributed by atoms with van der Waals surface area (Å²) >= 11 is 0. The molecular formula is C10H21N. The molecule has 0 aliphatic carbocycles. The standard InChI is InChI=1S/C10H21N/c1-3-5-6-10(4-2)7-8-11-9-10/h11H,3-9H2,1-2H3. The molecule has 1 rings (SSSR count). The summed E-state index contributed by atoms with van der Waals surface area (Å²) in [4.78, 5) is 0. The number of rotatable bonds is 4. The second-order valence-corrected chi connectivity index (χ2v) is 3.88. The molecule has 0 aromatic heterocycles. The van der Waals surface area contributed by atoms with Crippen LogP contribution in [-0.2, 0) is 0 Å². The zero-order chi connectivity index (χ0) is 8.16. The average Bonchev–Trinajstić information content (AvgIpc) is 2.50. The average molecular weight is 155 g/mol. The lowest BCUT2D eigenvalue weighted by Gasteiger charge is -2.26. The fourth-order valence-electron chi connectivity index (χ4n) is 2.04. The summed E-state index contributed by atoms with van der Waals surface area (Å²) < 4.78 is 0. The Bertz CT molecular complexity index is 103. The SMILES string of the molecule is CCCCC1(CC)CCNC1. The van der Waals surface area contributed by atoms with Crippen LogP contribution in [0.1, 0.15) is 46.0 Å². The first-order valence-electron chi connectivity index (χ1n) is 5.04. The minimum absolute atomic E-state index is 0.677. The van der Waals surface area contributed by atoms with Crippen LogP contribution in [-0.4, -0.2) is 13.1 Å². The van der Waals surface area contributed by atoms with Crippen LogP contribution in [0.4, 0.5) is 0 Å². The predicted molar refractivity (Wildman–Crippen MR) is 49.7 cm³/mol. The summed E-state index contributed by atoms with van der Waals surface area (Å²) in [6.45, 7) is 7.13. The summed E-state index contributed by atoms with van der Waals surface area (Å²) in [5.41, 5.74) is 0.677. The van der Waals surface area contributed by atoms with Gasteiger partial charge in [-0.1, -0.05) is 26.7 Å². The van der Waals surface area contributed by atoms with Crippen LogP contribution in [0.25, 0.3) is 0 Å². The van der Waals surface area contributed by atoms with Gasteiger partial charge in [-0.05, 0) is 31.2 Å². The topological polar surface area (TPSA) is 12.0 Å². The summed E-state index contributed by atoms with van der Waals surface area (Å²) in [6, 6.07) is 0. The van der Waals surface area contributed by atoms with Crippen LogP contribution in [0, 0.1) is 5.41 Å². The van der Waals surface area contributed by atoms with Crippen LogP contribution in [0.2, 0.25) is 0 Å². The Morgan fingerprint density at radius 3 is 2.64 bits per heavy atom. The Labute approximate surface area is 70.6 Å². The van der Waals surface area contributed by atoms with E-state index >= 15 is 0 Å². The molecule has 11 heavy (non-hydrogen) atoms. The zero-order valence-corrected chi connectivity index (χ0v) is 7.95.